The van der Waals surface area contributed by atoms with E-state index in [4.69, 9.17) is 16.3 Å². The first-order chi connectivity index (χ1) is 16.0. The number of benzene rings is 1. The molecule has 0 aliphatic carbocycles. The fourth-order valence-electron chi connectivity index (χ4n) is 3.60. The summed E-state index contributed by atoms with van der Waals surface area (Å²) in [7, 11) is 1.54. The molecular formula is C22H23ClN6O4. The summed E-state index contributed by atoms with van der Waals surface area (Å²) in [5.41, 5.74) is 0.822. The predicted molar refractivity (Wildman–Crippen MR) is 124 cm³/mol. The number of methoxy groups -OCH3 is 1. The maximum Gasteiger partial charge on any atom is 0.321 e. The molecule has 3 amide bonds. The van der Waals surface area contributed by atoms with Crippen LogP contribution in [0.15, 0.2) is 47.4 Å². The molecule has 1 aromatic carbocycles. The van der Waals surface area contributed by atoms with Crippen LogP contribution in [0.2, 0.25) is 5.02 Å². The van der Waals surface area contributed by atoms with Gasteiger partial charge in [-0.15, -0.1) is 0 Å². The number of rotatable bonds is 5. The molecule has 0 unspecified atom stereocenters. The van der Waals surface area contributed by atoms with E-state index in [2.05, 4.69) is 15.3 Å². The Bertz CT molecular complexity index is 1220. The molecule has 1 saturated heterocycles. The molecule has 172 valence electrons. The van der Waals surface area contributed by atoms with Crippen molar-refractivity contribution in [2.75, 3.05) is 45.2 Å². The Balaban J connectivity index is 1.47. The Morgan fingerprint density at radius 3 is 2.48 bits per heavy atom. The minimum Gasteiger partial charge on any atom is -0.383 e. The van der Waals surface area contributed by atoms with Crippen LogP contribution in [0.3, 0.4) is 0 Å². The van der Waals surface area contributed by atoms with Crippen LogP contribution >= 0.6 is 11.6 Å². The second kappa shape index (κ2) is 9.97. The molecular weight excluding hydrogens is 448 g/mol. The van der Waals surface area contributed by atoms with E-state index >= 15 is 0 Å². The molecule has 0 radical (unpaired) electrons. The average molecular weight is 471 g/mol. The van der Waals surface area contributed by atoms with Gasteiger partial charge in [0.15, 0.2) is 11.3 Å². The van der Waals surface area contributed by atoms with Gasteiger partial charge in [0.05, 0.1) is 13.2 Å². The van der Waals surface area contributed by atoms with Gasteiger partial charge in [0.1, 0.15) is 5.52 Å². The van der Waals surface area contributed by atoms with Gasteiger partial charge < -0.3 is 19.9 Å². The van der Waals surface area contributed by atoms with Gasteiger partial charge in [0.2, 0.25) is 0 Å². The smallest absolute Gasteiger partial charge is 0.321 e. The molecule has 0 atom stereocenters. The molecule has 1 fully saturated rings. The highest BCUT2D eigenvalue weighted by Gasteiger charge is 2.28. The topological polar surface area (TPSA) is 110 Å². The van der Waals surface area contributed by atoms with E-state index in [1.165, 1.54) is 11.7 Å². The maximum absolute atomic E-state index is 13.2. The monoisotopic (exact) mass is 470 g/mol. The fourth-order valence-corrected chi connectivity index (χ4v) is 3.73. The van der Waals surface area contributed by atoms with Crippen molar-refractivity contribution < 1.29 is 14.3 Å². The van der Waals surface area contributed by atoms with Crippen LogP contribution in [0, 0.1) is 0 Å². The number of nitrogens with zero attached hydrogens (tertiary/aromatic N) is 5. The quantitative estimate of drug-likeness (QED) is 0.611. The van der Waals surface area contributed by atoms with E-state index in [0.717, 1.165) is 0 Å². The third kappa shape index (κ3) is 4.96. The average Bonchev–Trinajstić information content (AvgIpc) is 2.84. The van der Waals surface area contributed by atoms with E-state index in [-0.39, 0.29) is 31.4 Å². The van der Waals surface area contributed by atoms with Gasteiger partial charge in [0.25, 0.3) is 11.5 Å². The molecule has 3 aromatic rings. The number of hydrogen-bond donors (Lipinski definition) is 1. The Kier molecular flexibility index (Phi) is 6.85. The number of urea groups is 1. The summed E-state index contributed by atoms with van der Waals surface area (Å²) in [6.45, 7) is 1.79. The van der Waals surface area contributed by atoms with Crippen LogP contribution in [-0.4, -0.2) is 76.2 Å². The van der Waals surface area contributed by atoms with E-state index in [9.17, 15) is 14.4 Å². The van der Waals surface area contributed by atoms with Crippen molar-refractivity contribution in [3.05, 3.63) is 63.7 Å². The number of carbonyl (C=O) groups excluding carboxylic acids is 2. The second-order valence-corrected chi connectivity index (χ2v) is 7.91. The zero-order valence-electron chi connectivity index (χ0n) is 18.0. The normalized spacial score (nSPS) is 13.9. The number of aromatic nitrogens is 3. The SMILES string of the molecule is COCCn1c(=O)c(C(=O)N2CCN(C(=O)Nc3ccc(Cl)cc3)CC2)nc2cccnc21. The highest BCUT2D eigenvalue weighted by Crippen LogP contribution is 2.15. The van der Waals surface area contributed by atoms with Crippen LogP contribution in [-0.2, 0) is 11.3 Å². The molecule has 0 saturated carbocycles. The molecule has 1 aliphatic heterocycles. The molecule has 10 nitrogen and oxygen atoms in total. The second-order valence-electron chi connectivity index (χ2n) is 7.47. The zero-order valence-corrected chi connectivity index (χ0v) is 18.8. The molecule has 33 heavy (non-hydrogen) atoms. The van der Waals surface area contributed by atoms with Crippen molar-refractivity contribution in [1.82, 2.24) is 24.3 Å². The first kappa shape index (κ1) is 22.7. The van der Waals surface area contributed by atoms with Crippen LogP contribution in [0.25, 0.3) is 11.2 Å². The summed E-state index contributed by atoms with van der Waals surface area (Å²) >= 11 is 5.87. The number of halogens is 1. The summed E-state index contributed by atoms with van der Waals surface area (Å²) < 4.78 is 6.51. The van der Waals surface area contributed by atoms with Crippen LogP contribution in [0.5, 0.6) is 0 Å². The molecule has 1 N–H and O–H groups in total. The Morgan fingerprint density at radius 2 is 1.79 bits per heavy atom. The number of fused-ring (bicyclic) bond motifs is 1. The van der Waals surface area contributed by atoms with Crippen molar-refractivity contribution in [2.24, 2.45) is 0 Å². The molecule has 2 aromatic heterocycles. The predicted octanol–water partition coefficient (Wildman–Crippen LogP) is 2.08. The Morgan fingerprint density at radius 1 is 1.09 bits per heavy atom. The van der Waals surface area contributed by atoms with Gasteiger partial charge in [-0.3, -0.25) is 14.2 Å². The van der Waals surface area contributed by atoms with Gasteiger partial charge >= 0.3 is 6.03 Å². The van der Waals surface area contributed by atoms with Gasteiger partial charge in [-0.1, -0.05) is 11.6 Å². The van der Waals surface area contributed by atoms with Crippen LogP contribution in [0.4, 0.5) is 10.5 Å². The minimum absolute atomic E-state index is 0.161. The number of ether oxygens (including phenoxy) is 1. The standard InChI is InChI=1S/C22H23ClN6O4/c1-33-14-13-29-19-17(3-2-8-24-19)26-18(21(29)31)20(30)27-9-11-28(12-10-27)22(32)25-16-6-4-15(23)5-7-16/h2-8H,9-14H2,1H3,(H,25,32). The van der Waals surface area contributed by atoms with Gasteiger partial charge in [0, 0.05) is 50.2 Å². The lowest BCUT2D eigenvalue weighted by Crippen LogP contribution is -2.52. The number of nitrogens with one attached hydrogen (secondary N) is 1. The van der Waals surface area contributed by atoms with E-state index in [1.54, 1.807) is 52.4 Å². The van der Waals surface area contributed by atoms with Gasteiger partial charge in [-0.25, -0.2) is 14.8 Å². The van der Waals surface area contributed by atoms with Crippen molar-refractivity contribution in [3.63, 3.8) is 0 Å². The summed E-state index contributed by atoms with van der Waals surface area (Å²) in [6, 6.07) is 9.97. The lowest BCUT2D eigenvalue weighted by Gasteiger charge is -2.34. The third-order valence-corrected chi connectivity index (χ3v) is 5.62. The largest absolute Gasteiger partial charge is 0.383 e. The molecule has 3 heterocycles. The summed E-state index contributed by atoms with van der Waals surface area (Å²) in [6.07, 6.45) is 1.57. The third-order valence-electron chi connectivity index (χ3n) is 5.37. The molecule has 1 aliphatic rings. The molecule has 0 bridgehead atoms. The van der Waals surface area contributed by atoms with Gasteiger partial charge in [-0.05, 0) is 36.4 Å². The molecule has 0 spiro atoms. The molecule has 11 heteroatoms. The van der Waals surface area contributed by atoms with Crippen molar-refractivity contribution in [3.8, 4) is 0 Å². The minimum atomic E-state index is -0.508. The number of piperazine rings is 1. The Hall–Kier alpha value is -3.50. The summed E-state index contributed by atoms with van der Waals surface area (Å²) in [5.74, 6) is -0.463. The van der Waals surface area contributed by atoms with Gasteiger partial charge in [-0.2, -0.15) is 0 Å². The number of pyridine rings is 1. The van der Waals surface area contributed by atoms with E-state index < -0.39 is 11.5 Å². The van der Waals surface area contributed by atoms with E-state index in [1.807, 2.05) is 0 Å². The number of carbonyl (C=O) groups is 2. The van der Waals surface area contributed by atoms with Crippen molar-refractivity contribution in [2.45, 2.75) is 6.54 Å². The summed E-state index contributed by atoms with van der Waals surface area (Å²) in [4.78, 5) is 50.4. The molecule has 4 rings (SSSR count). The first-order valence-corrected chi connectivity index (χ1v) is 10.8. The van der Waals surface area contributed by atoms with Crippen molar-refractivity contribution >= 4 is 40.4 Å². The highest BCUT2D eigenvalue weighted by molar-refractivity contribution is 6.30. The maximum atomic E-state index is 13.2. The van der Waals surface area contributed by atoms with E-state index in [0.29, 0.717) is 41.6 Å². The first-order valence-electron chi connectivity index (χ1n) is 10.4. The zero-order chi connectivity index (χ0) is 23.4. The summed E-state index contributed by atoms with van der Waals surface area (Å²) in [5, 5.41) is 3.39. The fraction of sp³-hybridized carbons (Fsp3) is 0.318. The van der Waals surface area contributed by atoms with Crippen LogP contribution < -0.4 is 10.9 Å². The number of amides is 3. The number of hydrogen-bond acceptors (Lipinski definition) is 6. The lowest BCUT2D eigenvalue weighted by atomic mass is 10.2. The number of anilines is 1. The Labute approximate surface area is 194 Å². The lowest BCUT2D eigenvalue weighted by molar-refractivity contribution is 0.0663. The van der Waals surface area contributed by atoms with Crippen LogP contribution in [0.1, 0.15) is 10.5 Å². The van der Waals surface area contributed by atoms with Crippen molar-refractivity contribution in [1.29, 1.82) is 0 Å². The highest BCUT2D eigenvalue weighted by atomic mass is 35.5.